The monoisotopic (exact) mass is 289 g/mol. The van der Waals surface area contributed by atoms with Crippen molar-refractivity contribution in [2.45, 2.75) is 0 Å². The van der Waals surface area contributed by atoms with Gasteiger partial charge in [-0.15, -0.1) is 11.3 Å². The molecule has 100 valence electrons. The topological polar surface area (TPSA) is 135 Å². The molecule has 0 aliphatic carbocycles. The Morgan fingerprint density at radius 1 is 1.55 bits per heavy atom. The van der Waals surface area contributed by atoms with Crippen LogP contribution < -0.4 is 11.1 Å². The van der Waals surface area contributed by atoms with E-state index in [2.05, 4.69) is 10.3 Å². The Balaban J connectivity index is 2.28. The molecular formula is C11H7N5O3S. The van der Waals surface area contributed by atoms with E-state index in [-0.39, 0.29) is 27.8 Å². The third kappa shape index (κ3) is 2.70. The quantitative estimate of drug-likeness (QED) is 0.652. The summed E-state index contributed by atoms with van der Waals surface area (Å²) in [5, 5.41) is 23.8. The molecule has 0 unspecified atom stereocenters. The molecule has 0 aliphatic rings. The van der Waals surface area contributed by atoms with Gasteiger partial charge in [-0.3, -0.25) is 14.9 Å². The summed E-state index contributed by atoms with van der Waals surface area (Å²) in [7, 11) is 0. The number of anilines is 2. The molecule has 20 heavy (non-hydrogen) atoms. The van der Waals surface area contributed by atoms with Gasteiger partial charge in [0.2, 0.25) is 0 Å². The lowest BCUT2D eigenvalue weighted by Crippen LogP contribution is -2.13. The number of benzene rings is 1. The van der Waals surface area contributed by atoms with Crippen LogP contribution in [0.2, 0.25) is 0 Å². The van der Waals surface area contributed by atoms with Crippen LogP contribution in [0, 0.1) is 21.4 Å². The SMILES string of the molecule is N#Cc1cc([N+](=O)[O-])ccc1NC(=O)c1csc(N)n1. The number of aromatic nitrogens is 1. The maximum atomic E-state index is 11.8. The van der Waals surface area contributed by atoms with E-state index < -0.39 is 10.8 Å². The number of nitrogens with one attached hydrogen (secondary N) is 1. The molecule has 2 rings (SSSR count). The number of nitrogen functional groups attached to an aromatic ring is 1. The van der Waals surface area contributed by atoms with Crippen LogP contribution in [0.25, 0.3) is 0 Å². The first-order valence-electron chi connectivity index (χ1n) is 5.22. The van der Waals surface area contributed by atoms with Crippen molar-refractivity contribution in [1.82, 2.24) is 4.98 Å². The summed E-state index contributed by atoms with van der Waals surface area (Å²) >= 11 is 1.11. The number of rotatable bonds is 3. The minimum absolute atomic E-state index is 0.00393. The molecule has 1 amide bonds. The molecular weight excluding hydrogens is 282 g/mol. The van der Waals surface area contributed by atoms with E-state index >= 15 is 0 Å². The van der Waals surface area contributed by atoms with Gasteiger partial charge in [0, 0.05) is 17.5 Å². The predicted molar refractivity (Wildman–Crippen MR) is 72.3 cm³/mol. The normalized spacial score (nSPS) is 9.75. The smallest absolute Gasteiger partial charge is 0.275 e. The van der Waals surface area contributed by atoms with Crippen LogP contribution in [-0.2, 0) is 0 Å². The number of carbonyl (C=O) groups is 1. The number of nitrogens with zero attached hydrogens (tertiary/aromatic N) is 3. The highest BCUT2D eigenvalue weighted by atomic mass is 32.1. The number of nitro benzene ring substituents is 1. The van der Waals surface area contributed by atoms with E-state index in [1.807, 2.05) is 0 Å². The van der Waals surface area contributed by atoms with Crippen molar-refractivity contribution in [3.63, 3.8) is 0 Å². The summed E-state index contributed by atoms with van der Waals surface area (Å²) in [6.07, 6.45) is 0. The van der Waals surface area contributed by atoms with Crippen molar-refractivity contribution in [2.75, 3.05) is 11.1 Å². The molecule has 0 spiro atoms. The van der Waals surface area contributed by atoms with E-state index in [0.29, 0.717) is 0 Å². The van der Waals surface area contributed by atoms with E-state index in [4.69, 9.17) is 11.0 Å². The van der Waals surface area contributed by atoms with Crippen molar-refractivity contribution < 1.29 is 9.72 Å². The molecule has 0 aliphatic heterocycles. The Hall–Kier alpha value is -2.99. The summed E-state index contributed by atoms with van der Waals surface area (Å²) in [5.74, 6) is -0.539. The van der Waals surface area contributed by atoms with Gasteiger partial charge in [0.15, 0.2) is 5.13 Å². The maximum absolute atomic E-state index is 11.8. The fourth-order valence-corrected chi connectivity index (χ4v) is 1.97. The Kier molecular flexibility index (Phi) is 3.58. The van der Waals surface area contributed by atoms with E-state index in [9.17, 15) is 14.9 Å². The Morgan fingerprint density at radius 2 is 2.30 bits per heavy atom. The molecule has 1 aromatic carbocycles. The minimum atomic E-state index is -0.617. The highest BCUT2D eigenvalue weighted by Gasteiger charge is 2.15. The van der Waals surface area contributed by atoms with Crippen molar-refractivity contribution in [2.24, 2.45) is 0 Å². The van der Waals surface area contributed by atoms with Crippen molar-refractivity contribution in [1.29, 1.82) is 5.26 Å². The highest BCUT2D eigenvalue weighted by Crippen LogP contribution is 2.22. The molecule has 1 heterocycles. The first-order valence-corrected chi connectivity index (χ1v) is 6.10. The summed E-state index contributed by atoms with van der Waals surface area (Å²) in [4.78, 5) is 25.6. The van der Waals surface area contributed by atoms with Crippen LogP contribution in [0.5, 0.6) is 0 Å². The Bertz CT molecular complexity index is 734. The number of hydrogen-bond donors (Lipinski definition) is 2. The lowest BCUT2D eigenvalue weighted by molar-refractivity contribution is -0.384. The van der Waals surface area contributed by atoms with Crippen LogP contribution in [0.15, 0.2) is 23.6 Å². The van der Waals surface area contributed by atoms with Gasteiger partial charge in [-0.05, 0) is 6.07 Å². The molecule has 0 saturated heterocycles. The molecule has 2 aromatic rings. The summed E-state index contributed by atoms with van der Waals surface area (Å²) in [5.41, 5.74) is 5.49. The molecule has 9 heteroatoms. The standard InChI is InChI=1S/C11H7N5O3S/c12-4-6-3-7(16(18)19)1-2-8(6)14-10(17)9-5-20-11(13)15-9/h1-3,5H,(H2,13,15)(H,14,17). The Morgan fingerprint density at radius 3 is 2.85 bits per heavy atom. The molecule has 0 bridgehead atoms. The minimum Gasteiger partial charge on any atom is -0.375 e. The van der Waals surface area contributed by atoms with Gasteiger partial charge >= 0.3 is 0 Å². The zero-order chi connectivity index (χ0) is 14.7. The lowest BCUT2D eigenvalue weighted by atomic mass is 10.1. The third-order valence-corrected chi connectivity index (χ3v) is 3.01. The Labute approximate surface area is 116 Å². The summed E-state index contributed by atoms with van der Waals surface area (Å²) in [6.45, 7) is 0. The molecule has 3 N–H and O–H groups in total. The maximum Gasteiger partial charge on any atom is 0.275 e. The number of hydrogen-bond acceptors (Lipinski definition) is 7. The van der Waals surface area contributed by atoms with Crippen molar-refractivity contribution >= 4 is 33.8 Å². The average molecular weight is 289 g/mol. The summed E-state index contributed by atoms with van der Waals surface area (Å²) < 4.78 is 0. The van der Waals surface area contributed by atoms with Gasteiger partial charge in [-0.2, -0.15) is 5.26 Å². The molecule has 8 nitrogen and oxygen atoms in total. The number of nitriles is 1. The molecule has 0 radical (unpaired) electrons. The number of nitro groups is 1. The molecule has 0 atom stereocenters. The third-order valence-electron chi connectivity index (χ3n) is 2.34. The molecule has 0 fully saturated rings. The second-order valence-electron chi connectivity index (χ2n) is 3.62. The van der Waals surface area contributed by atoms with Gasteiger partial charge in [0.05, 0.1) is 16.2 Å². The first-order chi connectivity index (χ1) is 9.51. The van der Waals surface area contributed by atoms with Gasteiger partial charge in [0.25, 0.3) is 11.6 Å². The van der Waals surface area contributed by atoms with Crippen LogP contribution in [0.3, 0.4) is 0 Å². The second-order valence-corrected chi connectivity index (χ2v) is 4.51. The number of thiazole rings is 1. The fourth-order valence-electron chi connectivity index (χ4n) is 1.43. The average Bonchev–Trinajstić information content (AvgIpc) is 2.85. The number of amides is 1. The van der Waals surface area contributed by atoms with E-state index in [0.717, 1.165) is 17.4 Å². The van der Waals surface area contributed by atoms with Crippen molar-refractivity contribution in [3.8, 4) is 6.07 Å². The predicted octanol–water partition coefficient (Wildman–Crippen LogP) is 1.76. The zero-order valence-electron chi connectivity index (χ0n) is 9.86. The zero-order valence-corrected chi connectivity index (χ0v) is 10.7. The fraction of sp³-hybridized carbons (Fsp3) is 0. The second kappa shape index (κ2) is 5.33. The van der Waals surface area contributed by atoms with Crippen LogP contribution in [0.4, 0.5) is 16.5 Å². The number of nitrogens with two attached hydrogens (primary N) is 1. The van der Waals surface area contributed by atoms with Gasteiger partial charge < -0.3 is 11.1 Å². The largest absolute Gasteiger partial charge is 0.375 e. The van der Waals surface area contributed by atoms with Gasteiger partial charge in [-0.1, -0.05) is 0 Å². The highest BCUT2D eigenvalue weighted by molar-refractivity contribution is 7.13. The number of non-ortho nitro benzene ring substituents is 1. The first kappa shape index (κ1) is 13.4. The van der Waals surface area contributed by atoms with E-state index in [1.54, 1.807) is 6.07 Å². The lowest BCUT2D eigenvalue weighted by Gasteiger charge is -2.05. The number of carbonyl (C=O) groups excluding carboxylic acids is 1. The molecule has 0 saturated carbocycles. The molecule has 1 aromatic heterocycles. The van der Waals surface area contributed by atoms with E-state index in [1.165, 1.54) is 17.5 Å². The van der Waals surface area contributed by atoms with Gasteiger partial charge in [-0.25, -0.2) is 4.98 Å². The van der Waals surface area contributed by atoms with Crippen LogP contribution in [-0.4, -0.2) is 15.8 Å². The summed E-state index contributed by atoms with van der Waals surface area (Å²) in [6, 6.07) is 5.38. The van der Waals surface area contributed by atoms with Crippen LogP contribution >= 0.6 is 11.3 Å². The van der Waals surface area contributed by atoms with Crippen molar-refractivity contribution in [3.05, 3.63) is 45.0 Å². The van der Waals surface area contributed by atoms with Gasteiger partial charge in [0.1, 0.15) is 11.8 Å². The van der Waals surface area contributed by atoms with Crippen LogP contribution in [0.1, 0.15) is 16.1 Å².